The van der Waals surface area contributed by atoms with Crippen molar-refractivity contribution in [2.45, 2.75) is 32.4 Å². The summed E-state index contributed by atoms with van der Waals surface area (Å²) < 4.78 is 5.82. The van der Waals surface area contributed by atoms with Crippen LogP contribution < -0.4 is 10.1 Å². The Bertz CT molecular complexity index is 548. The predicted molar refractivity (Wildman–Crippen MR) is 80.1 cm³/mol. The standard InChI is InChI=1S/C16H19NOS/c1-11(2)18-13-6-5-12-7-8-17-16(14(12)10-13)15-4-3-9-19-15/h3-6,9-11,16-17H,7-8H2,1-2H3. The minimum atomic E-state index is 0.217. The Balaban J connectivity index is 1.97. The maximum atomic E-state index is 5.82. The molecule has 1 atom stereocenters. The highest BCUT2D eigenvalue weighted by atomic mass is 32.1. The highest BCUT2D eigenvalue weighted by Crippen LogP contribution is 2.33. The topological polar surface area (TPSA) is 21.3 Å². The van der Waals surface area contributed by atoms with Gasteiger partial charge in [-0.05, 0) is 55.0 Å². The second-order valence-electron chi connectivity index (χ2n) is 5.18. The first-order chi connectivity index (χ1) is 9.24. The number of hydrogen-bond acceptors (Lipinski definition) is 3. The Hall–Kier alpha value is -1.32. The van der Waals surface area contributed by atoms with Gasteiger partial charge in [-0.3, -0.25) is 0 Å². The monoisotopic (exact) mass is 273 g/mol. The van der Waals surface area contributed by atoms with Gasteiger partial charge in [0.1, 0.15) is 5.75 Å². The molecule has 0 radical (unpaired) electrons. The second-order valence-corrected chi connectivity index (χ2v) is 6.16. The van der Waals surface area contributed by atoms with Gasteiger partial charge in [0.15, 0.2) is 0 Å². The number of rotatable bonds is 3. The van der Waals surface area contributed by atoms with Crippen molar-refractivity contribution in [2.75, 3.05) is 6.54 Å². The van der Waals surface area contributed by atoms with E-state index in [4.69, 9.17) is 4.74 Å². The molecular formula is C16H19NOS. The van der Waals surface area contributed by atoms with Gasteiger partial charge in [0.2, 0.25) is 0 Å². The minimum absolute atomic E-state index is 0.217. The molecule has 1 N–H and O–H groups in total. The van der Waals surface area contributed by atoms with E-state index < -0.39 is 0 Å². The van der Waals surface area contributed by atoms with Gasteiger partial charge in [-0.25, -0.2) is 0 Å². The third-order valence-corrected chi connectivity index (χ3v) is 4.31. The molecule has 2 nitrogen and oxygen atoms in total. The van der Waals surface area contributed by atoms with Crippen LogP contribution in [-0.4, -0.2) is 12.6 Å². The van der Waals surface area contributed by atoms with Crippen molar-refractivity contribution in [3.05, 3.63) is 51.7 Å². The summed E-state index contributed by atoms with van der Waals surface area (Å²) in [6, 6.07) is 11.1. The van der Waals surface area contributed by atoms with Crippen molar-refractivity contribution < 1.29 is 4.74 Å². The molecule has 0 aliphatic carbocycles. The number of ether oxygens (including phenoxy) is 1. The molecule has 0 saturated carbocycles. The van der Waals surface area contributed by atoms with E-state index in [0.29, 0.717) is 6.04 Å². The van der Waals surface area contributed by atoms with Crippen LogP contribution in [0.3, 0.4) is 0 Å². The summed E-state index contributed by atoms with van der Waals surface area (Å²) in [6.07, 6.45) is 1.31. The SMILES string of the molecule is CC(C)Oc1ccc2c(c1)C(c1cccs1)NCC2. The Morgan fingerprint density at radius 2 is 2.21 bits per heavy atom. The Kier molecular flexibility index (Phi) is 3.58. The van der Waals surface area contributed by atoms with Crippen LogP contribution in [0.2, 0.25) is 0 Å². The summed E-state index contributed by atoms with van der Waals surface area (Å²) in [4.78, 5) is 1.38. The van der Waals surface area contributed by atoms with Crippen LogP contribution >= 0.6 is 11.3 Å². The molecule has 1 aliphatic heterocycles. The summed E-state index contributed by atoms with van der Waals surface area (Å²) in [5.74, 6) is 0.971. The Morgan fingerprint density at radius 1 is 1.32 bits per heavy atom. The summed E-state index contributed by atoms with van der Waals surface area (Å²) in [6.45, 7) is 5.17. The molecule has 3 heteroatoms. The summed E-state index contributed by atoms with van der Waals surface area (Å²) in [5, 5.41) is 5.75. The van der Waals surface area contributed by atoms with E-state index in [1.54, 1.807) is 0 Å². The van der Waals surface area contributed by atoms with Crippen molar-refractivity contribution in [3.8, 4) is 5.75 Å². The van der Waals surface area contributed by atoms with Gasteiger partial charge in [0.05, 0.1) is 12.1 Å². The number of hydrogen-bond donors (Lipinski definition) is 1. The Labute approximate surface area is 118 Å². The largest absolute Gasteiger partial charge is 0.491 e. The zero-order chi connectivity index (χ0) is 13.2. The summed E-state index contributed by atoms with van der Waals surface area (Å²) >= 11 is 1.81. The maximum Gasteiger partial charge on any atom is 0.120 e. The fourth-order valence-corrected chi connectivity index (χ4v) is 3.40. The molecule has 1 aliphatic rings. The van der Waals surface area contributed by atoms with E-state index in [1.807, 2.05) is 11.3 Å². The minimum Gasteiger partial charge on any atom is -0.491 e. The van der Waals surface area contributed by atoms with Crippen molar-refractivity contribution in [3.63, 3.8) is 0 Å². The third kappa shape index (κ3) is 2.67. The molecule has 100 valence electrons. The van der Waals surface area contributed by atoms with Crippen LogP contribution in [0, 0.1) is 0 Å². The van der Waals surface area contributed by atoms with Gasteiger partial charge in [0.25, 0.3) is 0 Å². The molecule has 0 saturated heterocycles. The molecular weight excluding hydrogens is 254 g/mol. The summed E-state index contributed by atoms with van der Waals surface area (Å²) in [5.41, 5.74) is 2.81. The first-order valence-corrected chi connectivity index (χ1v) is 7.68. The molecule has 1 unspecified atom stereocenters. The fraction of sp³-hybridized carbons (Fsp3) is 0.375. The average molecular weight is 273 g/mol. The number of benzene rings is 1. The second kappa shape index (κ2) is 5.35. The van der Waals surface area contributed by atoms with Gasteiger partial charge in [0, 0.05) is 11.4 Å². The smallest absolute Gasteiger partial charge is 0.120 e. The summed E-state index contributed by atoms with van der Waals surface area (Å²) in [7, 11) is 0. The van der Waals surface area contributed by atoms with Crippen LogP contribution in [0.25, 0.3) is 0 Å². The number of nitrogens with one attached hydrogen (secondary N) is 1. The van der Waals surface area contributed by atoms with E-state index in [-0.39, 0.29) is 6.10 Å². The lowest BCUT2D eigenvalue weighted by atomic mass is 9.93. The van der Waals surface area contributed by atoms with Crippen LogP contribution in [0.15, 0.2) is 35.7 Å². The molecule has 0 bridgehead atoms. The third-order valence-electron chi connectivity index (χ3n) is 3.37. The van der Waals surface area contributed by atoms with Gasteiger partial charge in [-0.2, -0.15) is 0 Å². The van der Waals surface area contributed by atoms with Crippen LogP contribution in [0.4, 0.5) is 0 Å². The first kappa shape index (κ1) is 12.7. The van der Waals surface area contributed by atoms with Gasteiger partial charge >= 0.3 is 0 Å². The normalized spacial score (nSPS) is 18.4. The van der Waals surface area contributed by atoms with Crippen molar-refractivity contribution in [1.29, 1.82) is 0 Å². The average Bonchev–Trinajstić information content (AvgIpc) is 2.91. The van der Waals surface area contributed by atoms with Gasteiger partial charge < -0.3 is 10.1 Å². The van der Waals surface area contributed by atoms with E-state index in [1.165, 1.54) is 16.0 Å². The van der Waals surface area contributed by atoms with E-state index in [9.17, 15) is 0 Å². The van der Waals surface area contributed by atoms with Crippen molar-refractivity contribution in [1.82, 2.24) is 5.32 Å². The number of thiophene rings is 1. The first-order valence-electron chi connectivity index (χ1n) is 6.80. The quantitative estimate of drug-likeness (QED) is 0.919. The zero-order valence-electron chi connectivity index (χ0n) is 11.3. The molecule has 3 rings (SSSR count). The van der Waals surface area contributed by atoms with E-state index in [2.05, 4.69) is 54.9 Å². The molecule has 0 spiro atoms. The lowest BCUT2D eigenvalue weighted by Crippen LogP contribution is -2.30. The lowest BCUT2D eigenvalue weighted by molar-refractivity contribution is 0.242. The molecule has 0 amide bonds. The van der Waals surface area contributed by atoms with Crippen LogP contribution in [0.5, 0.6) is 5.75 Å². The maximum absolute atomic E-state index is 5.82. The highest BCUT2D eigenvalue weighted by Gasteiger charge is 2.22. The molecule has 2 aromatic rings. The zero-order valence-corrected chi connectivity index (χ0v) is 12.2. The predicted octanol–water partition coefficient (Wildman–Crippen LogP) is 3.77. The Morgan fingerprint density at radius 3 is 2.95 bits per heavy atom. The molecule has 19 heavy (non-hydrogen) atoms. The van der Waals surface area contributed by atoms with Crippen LogP contribution in [0.1, 0.15) is 35.9 Å². The van der Waals surface area contributed by atoms with Crippen molar-refractivity contribution in [2.24, 2.45) is 0 Å². The molecule has 1 aromatic heterocycles. The molecule has 0 fully saturated rings. The molecule has 1 aromatic carbocycles. The van der Waals surface area contributed by atoms with Gasteiger partial charge in [-0.1, -0.05) is 12.1 Å². The lowest BCUT2D eigenvalue weighted by Gasteiger charge is -2.27. The van der Waals surface area contributed by atoms with Crippen LogP contribution in [-0.2, 0) is 6.42 Å². The van der Waals surface area contributed by atoms with Crippen molar-refractivity contribution >= 4 is 11.3 Å². The van der Waals surface area contributed by atoms with Gasteiger partial charge in [-0.15, -0.1) is 11.3 Å². The highest BCUT2D eigenvalue weighted by molar-refractivity contribution is 7.10. The van der Waals surface area contributed by atoms with E-state index >= 15 is 0 Å². The fourth-order valence-electron chi connectivity index (χ4n) is 2.59. The van der Waals surface area contributed by atoms with E-state index in [0.717, 1.165) is 18.7 Å². The number of fused-ring (bicyclic) bond motifs is 1. The molecule has 2 heterocycles.